The predicted octanol–water partition coefficient (Wildman–Crippen LogP) is 1.92. The van der Waals surface area contributed by atoms with Gasteiger partial charge in [0.15, 0.2) is 6.54 Å². The Morgan fingerprint density at radius 3 is 2.48 bits per heavy atom. The molecule has 1 amide bonds. The van der Waals surface area contributed by atoms with Crippen molar-refractivity contribution in [3.8, 4) is 0 Å². The Bertz CT molecular complexity index is 775. The van der Waals surface area contributed by atoms with E-state index < -0.39 is 4.92 Å². The Morgan fingerprint density at radius 1 is 1.20 bits per heavy atom. The molecule has 2 aromatic rings. The number of rotatable bonds is 7. The van der Waals surface area contributed by atoms with Gasteiger partial charge in [-0.15, -0.1) is 0 Å². The van der Waals surface area contributed by atoms with E-state index in [1.165, 1.54) is 30.3 Å². The monoisotopic (exact) mass is 344 g/mol. The number of nitrogens with zero attached hydrogens (tertiary/aromatic N) is 1. The quantitative estimate of drug-likeness (QED) is 0.595. The number of nitro benzene ring substituents is 1. The molecule has 0 saturated heterocycles. The van der Waals surface area contributed by atoms with Gasteiger partial charge in [0, 0.05) is 36.2 Å². The summed E-state index contributed by atoms with van der Waals surface area (Å²) in [4.78, 5) is 23.5. The molecule has 0 aromatic heterocycles. The molecule has 0 bridgehead atoms. The summed E-state index contributed by atoms with van der Waals surface area (Å²) in [6.07, 6.45) is 2.07. The number of hydrogen-bond acceptors (Lipinski definition) is 3. The summed E-state index contributed by atoms with van der Waals surface area (Å²) in [5.74, 6) is -0.441. The standard InChI is InChI=1S/C18H18FN3O3/c19-17-4-2-1-3-13(17)11-21(15-9-10-15)12-18(23)20-14-5-7-16(8-6-14)22(24)25/h1-8,15H,9-12H2,(H,20,23)/p+1. The summed E-state index contributed by atoms with van der Waals surface area (Å²) in [7, 11) is 0. The summed E-state index contributed by atoms with van der Waals surface area (Å²) in [6, 6.07) is 12.7. The molecule has 0 aliphatic heterocycles. The van der Waals surface area contributed by atoms with Gasteiger partial charge in [-0.1, -0.05) is 18.2 Å². The highest BCUT2D eigenvalue weighted by Gasteiger charge is 2.35. The van der Waals surface area contributed by atoms with Gasteiger partial charge in [-0.05, 0) is 18.2 Å². The van der Waals surface area contributed by atoms with Gasteiger partial charge in [0.2, 0.25) is 0 Å². The number of amides is 1. The lowest BCUT2D eigenvalue weighted by Gasteiger charge is -2.19. The summed E-state index contributed by atoms with van der Waals surface area (Å²) in [6.45, 7) is 0.695. The molecule has 3 rings (SSSR count). The zero-order valence-corrected chi connectivity index (χ0v) is 13.6. The first kappa shape index (κ1) is 17.0. The molecule has 6 nitrogen and oxygen atoms in total. The third kappa shape index (κ3) is 4.60. The summed E-state index contributed by atoms with van der Waals surface area (Å²) in [5.41, 5.74) is 1.09. The smallest absolute Gasteiger partial charge is 0.279 e. The number of nitro groups is 1. The molecule has 2 aromatic carbocycles. The minimum Gasteiger partial charge on any atom is -0.321 e. The molecule has 1 aliphatic rings. The first-order chi connectivity index (χ1) is 12.0. The predicted molar refractivity (Wildman–Crippen MR) is 90.7 cm³/mol. The maximum absolute atomic E-state index is 13.9. The van der Waals surface area contributed by atoms with Crippen LogP contribution in [0.15, 0.2) is 48.5 Å². The Labute approximate surface area is 144 Å². The number of benzene rings is 2. The van der Waals surface area contributed by atoms with E-state index in [0.29, 0.717) is 23.8 Å². The van der Waals surface area contributed by atoms with E-state index in [0.717, 1.165) is 17.7 Å². The highest BCUT2D eigenvalue weighted by atomic mass is 19.1. The van der Waals surface area contributed by atoms with Gasteiger partial charge in [-0.3, -0.25) is 14.9 Å². The van der Waals surface area contributed by atoms with E-state index >= 15 is 0 Å². The van der Waals surface area contributed by atoms with Crippen LogP contribution in [0.25, 0.3) is 0 Å². The zero-order valence-electron chi connectivity index (χ0n) is 13.6. The van der Waals surface area contributed by atoms with Crippen LogP contribution in [-0.2, 0) is 11.3 Å². The number of anilines is 1. The summed E-state index contributed by atoms with van der Waals surface area (Å²) < 4.78 is 13.9. The van der Waals surface area contributed by atoms with Gasteiger partial charge in [0.25, 0.3) is 11.6 Å². The van der Waals surface area contributed by atoms with Crippen molar-refractivity contribution in [1.29, 1.82) is 0 Å². The van der Waals surface area contributed by atoms with Crippen molar-refractivity contribution in [2.75, 3.05) is 11.9 Å². The van der Waals surface area contributed by atoms with Crippen molar-refractivity contribution in [3.05, 3.63) is 70.0 Å². The lowest BCUT2D eigenvalue weighted by Crippen LogP contribution is -3.13. The first-order valence-electron chi connectivity index (χ1n) is 8.15. The third-order valence-corrected chi connectivity index (χ3v) is 4.28. The molecule has 25 heavy (non-hydrogen) atoms. The van der Waals surface area contributed by atoms with Crippen LogP contribution in [0.5, 0.6) is 0 Å². The molecule has 130 valence electrons. The fourth-order valence-electron chi connectivity index (χ4n) is 2.81. The van der Waals surface area contributed by atoms with Crippen molar-refractivity contribution in [1.82, 2.24) is 0 Å². The van der Waals surface area contributed by atoms with Gasteiger partial charge in [-0.25, -0.2) is 4.39 Å². The second kappa shape index (κ2) is 7.40. The average Bonchev–Trinajstić information content (AvgIpc) is 3.41. The fourth-order valence-corrected chi connectivity index (χ4v) is 2.81. The largest absolute Gasteiger partial charge is 0.321 e. The van der Waals surface area contributed by atoms with Crippen LogP contribution in [0.1, 0.15) is 18.4 Å². The molecule has 1 saturated carbocycles. The topological polar surface area (TPSA) is 76.7 Å². The van der Waals surface area contributed by atoms with Crippen LogP contribution >= 0.6 is 0 Å². The summed E-state index contributed by atoms with van der Waals surface area (Å²) >= 11 is 0. The van der Waals surface area contributed by atoms with E-state index in [4.69, 9.17) is 0 Å². The maximum atomic E-state index is 13.9. The fraction of sp³-hybridized carbons (Fsp3) is 0.278. The number of carbonyl (C=O) groups is 1. The lowest BCUT2D eigenvalue weighted by molar-refractivity contribution is -0.917. The minimum absolute atomic E-state index is 0.0252. The minimum atomic E-state index is -0.487. The molecule has 1 unspecified atom stereocenters. The number of quaternary nitrogens is 1. The van der Waals surface area contributed by atoms with Crippen molar-refractivity contribution in [2.45, 2.75) is 25.4 Å². The molecule has 7 heteroatoms. The zero-order chi connectivity index (χ0) is 17.8. The highest BCUT2D eigenvalue weighted by molar-refractivity contribution is 5.91. The maximum Gasteiger partial charge on any atom is 0.279 e. The van der Waals surface area contributed by atoms with E-state index in [1.54, 1.807) is 18.2 Å². The Kier molecular flexibility index (Phi) is 5.04. The van der Waals surface area contributed by atoms with Crippen LogP contribution in [0, 0.1) is 15.9 Å². The third-order valence-electron chi connectivity index (χ3n) is 4.28. The van der Waals surface area contributed by atoms with Crippen LogP contribution in [0.4, 0.5) is 15.8 Å². The van der Waals surface area contributed by atoms with Gasteiger partial charge in [0.05, 0.1) is 11.0 Å². The van der Waals surface area contributed by atoms with Gasteiger partial charge >= 0.3 is 0 Å². The first-order valence-corrected chi connectivity index (χ1v) is 8.15. The van der Waals surface area contributed by atoms with Crippen molar-refractivity contribution < 1.29 is 19.0 Å². The Balaban J connectivity index is 1.61. The van der Waals surface area contributed by atoms with E-state index in [-0.39, 0.29) is 24.0 Å². The van der Waals surface area contributed by atoms with Crippen molar-refractivity contribution in [2.24, 2.45) is 0 Å². The van der Waals surface area contributed by atoms with Crippen molar-refractivity contribution in [3.63, 3.8) is 0 Å². The molecular formula is C18H19FN3O3+. The average molecular weight is 344 g/mol. The number of carbonyl (C=O) groups excluding carboxylic acids is 1. The number of nitrogens with one attached hydrogen (secondary N) is 2. The van der Waals surface area contributed by atoms with E-state index in [2.05, 4.69) is 5.32 Å². The number of hydrogen-bond donors (Lipinski definition) is 2. The van der Waals surface area contributed by atoms with Gasteiger partial charge in [0.1, 0.15) is 12.4 Å². The number of halogens is 1. The summed E-state index contributed by atoms with van der Waals surface area (Å²) in [5, 5.41) is 13.4. The van der Waals surface area contributed by atoms with Crippen molar-refractivity contribution >= 4 is 17.3 Å². The second-order valence-electron chi connectivity index (χ2n) is 6.23. The molecule has 2 N–H and O–H groups in total. The van der Waals surface area contributed by atoms with Crippen LogP contribution in [0.3, 0.4) is 0 Å². The van der Waals surface area contributed by atoms with Gasteiger partial charge < -0.3 is 10.2 Å². The number of non-ortho nitro benzene ring substituents is 1. The Hall–Kier alpha value is -2.80. The second-order valence-corrected chi connectivity index (χ2v) is 6.23. The highest BCUT2D eigenvalue weighted by Crippen LogP contribution is 2.17. The van der Waals surface area contributed by atoms with Gasteiger partial charge in [-0.2, -0.15) is 0 Å². The molecule has 1 atom stereocenters. The normalized spacial score (nSPS) is 14.8. The Morgan fingerprint density at radius 2 is 1.88 bits per heavy atom. The lowest BCUT2D eigenvalue weighted by atomic mass is 10.2. The molecule has 1 aliphatic carbocycles. The van der Waals surface area contributed by atoms with E-state index in [1.807, 2.05) is 0 Å². The molecule has 0 spiro atoms. The van der Waals surface area contributed by atoms with Crippen LogP contribution in [0.2, 0.25) is 0 Å². The molecule has 0 radical (unpaired) electrons. The van der Waals surface area contributed by atoms with Crippen LogP contribution < -0.4 is 10.2 Å². The van der Waals surface area contributed by atoms with E-state index in [9.17, 15) is 19.3 Å². The van der Waals surface area contributed by atoms with Crippen LogP contribution in [-0.4, -0.2) is 23.4 Å². The molecular weight excluding hydrogens is 325 g/mol. The molecule has 1 fully saturated rings. The SMILES string of the molecule is O=C(C[NH+](Cc1ccccc1F)C1CC1)Nc1ccc([N+](=O)[O-])cc1. The molecule has 0 heterocycles.